The van der Waals surface area contributed by atoms with Crippen molar-refractivity contribution in [2.45, 2.75) is 26.2 Å². The number of aromatic nitrogens is 1. The van der Waals surface area contributed by atoms with Gasteiger partial charge in [0.1, 0.15) is 5.82 Å². The van der Waals surface area contributed by atoms with Crippen molar-refractivity contribution >= 4 is 40.1 Å². The molecule has 210 valence electrons. The van der Waals surface area contributed by atoms with E-state index >= 15 is 0 Å². The molecule has 10 heteroatoms. The Labute approximate surface area is 232 Å². The van der Waals surface area contributed by atoms with Gasteiger partial charge in [-0.15, -0.1) is 0 Å². The maximum atomic E-state index is 13.5. The minimum atomic E-state index is -0.592. The third kappa shape index (κ3) is 5.06. The van der Waals surface area contributed by atoms with Crippen LogP contribution in [0.5, 0.6) is 0 Å². The van der Waals surface area contributed by atoms with Crippen molar-refractivity contribution in [1.82, 2.24) is 14.8 Å². The van der Waals surface area contributed by atoms with Crippen molar-refractivity contribution < 1.29 is 28.2 Å². The number of ether oxygens (including phenoxy) is 2. The van der Waals surface area contributed by atoms with Gasteiger partial charge in [-0.25, -0.2) is 14.0 Å². The molecule has 1 aromatic heterocycles. The van der Waals surface area contributed by atoms with Gasteiger partial charge < -0.3 is 24.3 Å². The van der Waals surface area contributed by atoms with E-state index in [0.717, 1.165) is 16.5 Å². The minimum absolute atomic E-state index is 0.113. The zero-order chi connectivity index (χ0) is 28.6. The highest BCUT2D eigenvalue weighted by Gasteiger charge is 2.37. The van der Waals surface area contributed by atoms with Crippen LogP contribution >= 0.6 is 0 Å². The van der Waals surface area contributed by atoms with Crippen molar-refractivity contribution in [3.05, 3.63) is 71.3 Å². The highest BCUT2D eigenvalue weighted by Crippen LogP contribution is 2.41. The number of H-pyrrole nitrogens is 1. The number of carbonyl (C=O) groups excluding carboxylic acids is 3. The summed E-state index contributed by atoms with van der Waals surface area (Å²) >= 11 is 0. The van der Waals surface area contributed by atoms with E-state index in [-0.39, 0.29) is 30.7 Å². The van der Waals surface area contributed by atoms with Gasteiger partial charge in [0.2, 0.25) is 0 Å². The van der Waals surface area contributed by atoms with Crippen molar-refractivity contribution in [3.63, 3.8) is 0 Å². The van der Waals surface area contributed by atoms with Crippen LogP contribution in [0.4, 0.5) is 14.9 Å². The number of amides is 3. The highest BCUT2D eigenvalue weighted by molar-refractivity contribution is 6.18. The number of rotatable bonds is 4. The number of halogens is 1. The van der Waals surface area contributed by atoms with Crippen molar-refractivity contribution in [3.8, 4) is 0 Å². The third-order valence-electron chi connectivity index (χ3n) is 7.38. The van der Waals surface area contributed by atoms with Gasteiger partial charge in [-0.1, -0.05) is 19.9 Å². The van der Waals surface area contributed by atoms with Gasteiger partial charge in [-0.2, -0.15) is 0 Å². The van der Waals surface area contributed by atoms with E-state index in [9.17, 15) is 18.8 Å². The number of hydrogen-bond acceptors (Lipinski definition) is 5. The van der Waals surface area contributed by atoms with Gasteiger partial charge in [-0.3, -0.25) is 9.69 Å². The number of nitrogens with zero attached hydrogens (tertiary/aromatic N) is 3. The van der Waals surface area contributed by atoms with Crippen LogP contribution in [0.25, 0.3) is 16.5 Å². The number of fused-ring (bicyclic) bond motifs is 3. The van der Waals surface area contributed by atoms with E-state index in [0.29, 0.717) is 43.2 Å². The molecule has 1 fully saturated rings. The number of anilines is 1. The summed E-state index contributed by atoms with van der Waals surface area (Å²) < 4.78 is 24.3. The second-order valence-electron chi connectivity index (χ2n) is 10.6. The van der Waals surface area contributed by atoms with E-state index in [1.165, 1.54) is 35.4 Å². The molecule has 0 saturated carbocycles. The van der Waals surface area contributed by atoms with Crippen LogP contribution in [-0.4, -0.2) is 79.2 Å². The highest BCUT2D eigenvalue weighted by atomic mass is 19.1. The van der Waals surface area contributed by atoms with Gasteiger partial charge in [0, 0.05) is 60.5 Å². The van der Waals surface area contributed by atoms with Crippen LogP contribution in [0.15, 0.2) is 48.7 Å². The molecule has 1 N–H and O–H groups in total. The number of morpholine rings is 1. The quantitative estimate of drug-likeness (QED) is 0.484. The number of nitrogens with one attached hydrogen (secondary N) is 1. The minimum Gasteiger partial charge on any atom is -0.462 e. The van der Waals surface area contributed by atoms with Gasteiger partial charge in [0.25, 0.3) is 5.91 Å². The molecule has 0 radical (unpaired) electrons. The van der Waals surface area contributed by atoms with Gasteiger partial charge >= 0.3 is 12.0 Å². The summed E-state index contributed by atoms with van der Waals surface area (Å²) in [5, 5.41) is 0.877. The Kier molecular flexibility index (Phi) is 7.37. The first-order chi connectivity index (χ1) is 19.1. The predicted molar refractivity (Wildman–Crippen MR) is 150 cm³/mol. The van der Waals surface area contributed by atoms with Gasteiger partial charge in [0.05, 0.1) is 31.1 Å². The summed E-state index contributed by atoms with van der Waals surface area (Å²) in [6.07, 6.45) is 1.52. The summed E-state index contributed by atoms with van der Waals surface area (Å²) in [5.41, 5.74) is 2.82. The number of carbonyl (C=O) groups is 3. The zero-order valence-electron chi connectivity index (χ0n) is 23.1. The molecule has 0 unspecified atom stereocenters. The Morgan fingerprint density at radius 2 is 1.80 bits per heavy atom. The average Bonchev–Trinajstić information content (AvgIpc) is 3.29. The first-order valence-corrected chi connectivity index (χ1v) is 13.3. The first kappa shape index (κ1) is 27.4. The average molecular weight is 549 g/mol. The van der Waals surface area contributed by atoms with Gasteiger partial charge in [-0.05, 0) is 48.9 Å². The van der Waals surface area contributed by atoms with Crippen LogP contribution in [0.2, 0.25) is 0 Å². The van der Waals surface area contributed by atoms with E-state index in [1.54, 1.807) is 23.8 Å². The van der Waals surface area contributed by atoms with Crippen molar-refractivity contribution in [1.29, 1.82) is 0 Å². The number of urea groups is 1. The molecule has 3 amide bonds. The Bertz CT molecular complexity index is 1490. The second-order valence-corrected chi connectivity index (χ2v) is 10.6. The molecule has 0 spiro atoms. The van der Waals surface area contributed by atoms with Crippen molar-refractivity contribution in [2.24, 2.45) is 0 Å². The third-order valence-corrected chi connectivity index (χ3v) is 7.38. The molecule has 9 nitrogen and oxygen atoms in total. The van der Waals surface area contributed by atoms with Gasteiger partial charge in [0.15, 0.2) is 0 Å². The normalized spacial score (nSPS) is 16.7. The Morgan fingerprint density at radius 3 is 2.48 bits per heavy atom. The van der Waals surface area contributed by atoms with Crippen LogP contribution in [-0.2, 0) is 19.7 Å². The largest absolute Gasteiger partial charge is 0.462 e. The molecule has 0 atom stereocenters. The molecule has 2 aromatic carbocycles. The van der Waals surface area contributed by atoms with Crippen LogP contribution < -0.4 is 4.90 Å². The van der Waals surface area contributed by atoms with E-state index in [4.69, 9.17) is 9.47 Å². The fourth-order valence-corrected chi connectivity index (χ4v) is 5.40. The number of esters is 1. The lowest BCUT2D eigenvalue weighted by Gasteiger charge is -2.31. The lowest BCUT2D eigenvalue weighted by molar-refractivity contribution is -0.136. The summed E-state index contributed by atoms with van der Waals surface area (Å²) in [5.74, 6) is -1.35. The zero-order valence-corrected chi connectivity index (χ0v) is 23.1. The fraction of sp³-hybridized carbons (Fsp3) is 0.367. The van der Waals surface area contributed by atoms with Crippen LogP contribution in [0.3, 0.4) is 0 Å². The van der Waals surface area contributed by atoms with Crippen LogP contribution in [0, 0.1) is 5.82 Å². The van der Waals surface area contributed by atoms with E-state index < -0.39 is 17.2 Å². The SMILES string of the molecule is CCOC(=O)C1=CN(C(=O)c2ccc(F)cc2)CC(C)(C)c2c1[nH]c1cc(N(C)C(=O)N3CCOCC3)ccc21. The summed E-state index contributed by atoms with van der Waals surface area (Å²) in [6, 6.07) is 10.9. The maximum absolute atomic E-state index is 13.5. The lowest BCUT2D eigenvalue weighted by atomic mass is 9.81. The molecule has 0 aliphatic carbocycles. The predicted octanol–water partition coefficient (Wildman–Crippen LogP) is 4.53. The Balaban J connectivity index is 1.57. The smallest absolute Gasteiger partial charge is 0.341 e. The molecule has 2 aliphatic heterocycles. The van der Waals surface area contributed by atoms with Crippen LogP contribution in [0.1, 0.15) is 42.4 Å². The summed E-state index contributed by atoms with van der Waals surface area (Å²) in [4.78, 5) is 48.0. The number of benzene rings is 2. The summed E-state index contributed by atoms with van der Waals surface area (Å²) in [6.45, 7) is 8.28. The molecule has 3 heterocycles. The number of hydrogen-bond donors (Lipinski definition) is 1. The maximum Gasteiger partial charge on any atom is 0.341 e. The monoisotopic (exact) mass is 548 g/mol. The molecule has 40 heavy (non-hydrogen) atoms. The Morgan fingerprint density at radius 1 is 1.10 bits per heavy atom. The van der Waals surface area contributed by atoms with E-state index in [2.05, 4.69) is 4.98 Å². The first-order valence-electron chi connectivity index (χ1n) is 13.3. The fourth-order valence-electron chi connectivity index (χ4n) is 5.40. The summed E-state index contributed by atoms with van der Waals surface area (Å²) in [7, 11) is 1.74. The number of aromatic amines is 1. The Hall–Kier alpha value is -4.18. The van der Waals surface area contributed by atoms with Crippen molar-refractivity contribution in [2.75, 3.05) is 51.4 Å². The molecule has 0 bridgehead atoms. The molecular formula is C30H33FN4O5. The molecular weight excluding hydrogens is 515 g/mol. The second kappa shape index (κ2) is 10.8. The molecule has 2 aliphatic rings. The molecule has 1 saturated heterocycles. The molecule has 5 rings (SSSR count). The van der Waals surface area contributed by atoms with E-state index in [1.807, 2.05) is 32.0 Å². The molecule has 3 aromatic rings. The standard InChI is InChI=1S/C30H33FN4O5/c1-5-40-28(37)23-17-35(27(36)19-6-8-20(31)9-7-19)18-30(2,3)25-22-11-10-21(16-24(22)32-26(23)25)33(4)29(38)34-12-14-39-15-13-34/h6-11,16-17,32H,5,12-15,18H2,1-4H3. The lowest BCUT2D eigenvalue weighted by Crippen LogP contribution is -2.47. The topological polar surface area (TPSA) is 95.2 Å².